The minimum atomic E-state index is 0.231. The summed E-state index contributed by atoms with van der Waals surface area (Å²) in [5.41, 5.74) is 3.78. The van der Waals surface area contributed by atoms with Crippen molar-refractivity contribution in [3.05, 3.63) is 53.3 Å². The van der Waals surface area contributed by atoms with Gasteiger partial charge < -0.3 is 5.11 Å². The summed E-state index contributed by atoms with van der Waals surface area (Å²) < 4.78 is 0. The van der Waals surface area contributed by atoms with Crippen molar-refractivity contribution >= 4 is 11.8 Å². The molecule has 2 heterocycles. The summed E-state index contributed by atoms with van der Waals surface area (Å²) in [6, 6.07) is 9.14. The summed E-state index contributed by atoms with van der Waals surface area (Å²) in [5.74, 6) is 0. The van der Waals surface area contributed by atoms with E-state index in [0.29, 0.717) is 6.04 Å². The van der Waals surface area contributed by atoms with E-state index in [2.05, 4.69) is 51.0 Å². The van der Waals surface area contributed by atoms with Crippen molar-refractivity contribution in [3.8, 4) is 0 Å². The molecule has 1 unspecified atom stereocenters. The maximum absolute atomic E-state index is 9.50. The first-order valence-electron chi connectivity index (χ1n) is 9.15. The second kappa shape index (κ2) is 9.46. The first-order chi connectivity index (χ1) is 12.7. The number of benzene rings is 1. The number of aryl methyl sites for hydroxylation is 1. The van der Waals surface area contributed by atoms with E-state index in [1.165, 1.54) is 11.1 Å². The molecule has 0 saturated carbocycles. The molecule has 1 aromatic heterocycles. The lowest BCUT2D eigenvalue weighted by Gasteiger charge is -2.41. The Balaban J connectivity index is 1.60. The largest absolute Gasteiger partial charge is 0.396 e. The van der Waals surface area contributed by atoms with Gasteiger partial charge in [-0.1, -0.05) is 41.6 Å². The minimum absolute atomic E-state index is 0.231. The average molecular weight is 373 g/mol. The van der Waals surface area contributed by atoms with Gasteiger partial charge in [0.2, 0.25) is 0 Å². The molecule has 140 valence electrons. The zero-order valence-electron chi connectivity index (χ0n) is 15.6. The van der Waals surface area contributed by atoms with E-state index in [9.17, 15) is 5.11 Å². The fraction of sp³-hybridized carbons (Fsp3) is 0.500. The Morgan fingerprint density at radius 2 is 1.81 bits per heavy atom. The molecule has 2 aromatic rings. The summed E-state index contributed by atoms with van der Waals surface area (Å²) >= 11 is 1.56. The summed E-state index contributed by atoms with van der Waals surface area (Å²) in [7, 11) is 0. The fourth-order valence-corrected chi connectivity index (χ4v) is 3.76. The van der Waals surface area contributed by atoms with Gasteiger partial charge in [0.15, 0.2) is 5.16 Å². The quantitative estimate of drug-likeness (QED) is 0.596. The molecule has 1 atom stereocenters. The van der Waals surface area contributed by atoms with Gasteiger partial charge in [-0.15, -0.1) is 0 Å². The summed E-state index contributed by atoms with van der Waals surface area (Å²) in [6.45, 7) is 7.18. The Morgan fingerprint density at radius 3 is 2.46 bits per heavy atom. The second-order valence-corrected chi connectivity index (χ2v) is 7.71. The van der Waals surface area contributed by atoms with Gasteiger partial charge in [0.05, 0.1) is 0 Å². The molecular formula is C20H28N4OS. The SMILES string of the molecule is CSc1ncc(CN2CCN(Cc3ccc(C)cc3)C(CCO)C2)cn1. The first kappa shape index (κ1) is 19.3. The summed E-state index contributed by atoms with van der Waals surface area (Å²) in [4.78, 5) is 13.7. The number of hydrogen-bond donors (Lipinski definition) is 1. The van der Waals surface area contributed by atoms with Crippen LogP contribution in [-0.4, -0.2) is 63.4 Å². The highest BCUT2D eigenvalue weighted by Gasteiger charge is 2.26. The predicted octanol–water partition coefficient (Wildman–Crippen LogP) is 2.58. The van der Waals surface area contributed by atoms with Crippen molar-refractivity contribution in [2.24, 2.45) is 0 Å². The number of hydrogen-bond acceptors (Lipinski definition) is 6. The van der Waals surface area contributed by atoms with E-state index in [1.54, 1.807) is 11.8 Å². The van der Waals surface area contributed by atoms with Gasteiger partial charge in [0, 0.05) is 63.3 Å². The first-order valence-corrected chi connectivity index (χ1v) is 10.4. The Bertz CT molecular complexity index is 677. The van der Waals surface area contributed by atoms with E-state index in [4.69, 9.17) is 0 Å². The molecule has 6 heteroatoms. The van der Waals surface area contributed by atoms with E-state index in [-0.39, 0.29) is 6.61 Å². The molecule has 0 bridgehead atoms. The summed E-state index contributed by atoms with van der Waals surface area (Å²) in [5, 5.41) is 10.3. The molecular weight excluding hydrogens is 344 g/mol. The third-order valence-corrected chi connectivity index (χ3v) is 5.50. The normalized spacial score (nSPS) is 19.0. The van der Waals surface area contributed by atoms with Crippen LogP contribution in [0.1, 0.15) is 23.1 Å². The molecule has 1 fully saturated rings. The van der Waals surface area contributed by atoms with Crippen molar-refractivity contribution < 1.29 is 5.11 Å². The summed E-state index contributed by atoms with van der Waals surface area (Å²) in [6.07, 6.45) is 6.66. The van der Waals surface area contributed by atoms with Crippen LogP contribution in [0.15, 0.2) is 41.8 Å². The highest BCUT2D eigenvalue weighted by atomic mass is 32.2. The smallest absolute Gasteiger partial charge is 0.187 e. The maximum atomic E-state index is 9.50. The predicted molar refractivity (Wildman–Crippen MR) is 106 cm³/mol. The van der Waals surface area contributed by atoms with E-state index >= 15 is 0 Å². The van der Waals surface area contributed by atoms with Crippen LogP contribution in [-0.2, 0) is 13.1 Å². The number of thioether (sulfide) groups is 1. The number of rotatable bonds is 7. The molecule has 0 spiro atoms. The Morgan fingerprint density at radius 1 is 1.08 bits per heavy atom. The Kier molecular flexibility index (Phi) is 7.02. The van der Waals surface area contributed by atoms with Gasteiger partial charge in [-0.2, -0.15) is 0 Å². The third kappa shape index (κ3) is 5.27. The van der Waals surface area contributed by atoms with E-state index in [1.807, 2.05) is 18.6 Å². The molecule has 3 rings (SSSR count). The monoisotopic (exact) mass is 372 g/mol. The Hall–Kier alpha value is -1.47. The number of nitrogens with zero attached hydrogens (tertiary/aromatic N) is 4. The molecule has 1 N–H and O–H groups in total. The molecule has 0 radical (unpaired) electrons. The number of aliphatic hydroxyl groups is 1. The zero-order valence-corrected chi connectivity index (χ0v) is 16.5. The van der Waals surface area contributed by atoms with Gasteiger partial charge in [-0.25, -0.2) is 9.97 Å². The molecule has 1 aliphatic heterocycles. The van der Waals surface area contributed by atoms with Gasteiger partial charge in [0.1, 0.15) is 0 Å². The minimum Gasteiger partial charge on any atom is -0.396 e. The number of aromatic nitrogens is 2. The van der Waals surface area contributed by atoms with Crippen LogP contribution in [0.4, 0.5) is 0 Å². The topological polar surface area (TPSA) is 52.5 Å². The third-order valence-electron chi connectivity index (χ3n) is 4.93. The lowest BCUT2D eigenvalue weighted by atomic mass is 10.1. The van der Waals surface area contributed by atoms with Gasteiger partial charge in [-0.3, -0.25) is 9.80 Å². The van der Waals surface area contributed by atoms with Crippen LogP contribution >= 0.6 is 11.8 Å². The molecule has 5 nitrogen and oxygen atoms in total. The average Bonchev–Trinajstić information content (AvgIpc) is 2.66. The van der Waals surface area contributed by atoms with Crippen LogP contribution in [0.3, 0.4) is 0 Å². The van der Waals surface area contributed by atoms with Crippen molar-refractivity contribution in [2.45, 2.75) is 37.6 Å². The lowest BCUT2D eigenvalue weighted by molar-refractivity contribution is 0.0498. The highest BCUT2D eigenvalue weighted by molar-refractivity contribution is 7.98. The molecule has 0 aliphatic carbocycles. The van der Waals surface area contributed by atoms with Crippen LogP contribution in [0.2, 0.25) is 0 Å². The molecule has 26 heavy (non-hydrogen) atoms. The molecule has 1 aromatic carbocycles. The number of piperazine rings is 1. The van der Waals surface area contributed by atoms with E-state index in [0.717, 1.165) is 49.9 Å². The Labute approximate surface area is 160 Å². The van der Waals surface area contributed by atoms with Gasteiger partial charge in [0.25, 0.3) is 0 Å². The highest BCUT2D eigenvalue weighted by Crippen LogP contribution is 2.19. The van der Waals surface area contributed by atoms with Gasteiger partial charge >= 0.3 is 0 Å². The van der Waals surface area contributed by atoms with Crippen LogP contribution in [0, 0.1) is 6.92 Å². The van der Waals surface area contributed by atoms with Crippen molar-refractivity contribution in [1.82, 2.24) is 19.8 Å². The standard InChI is InChI=1S/C20H28N4OS/c1-16-3-5-17(6-4-16)14-24-9-8-23(15-19(24)7-10-25)13-18-11-21-20(26-2)22-12-18/h3-6,11-12,19,25H,7-10,13-15H2,1-2H3. The zero-order chi connectivity index (χ0) is 18.4. The van der Waals surface area contributed by atoms with Crippen molar-refractivity contribution in [1.29, 1.82) is 0 Å². The molecule has 1 aliphatic rings. The fourth-order valence-electron chi connectivity index (χ4n) is 3.45. The second-order valence-electron chi connectivity index (χ2n) is 6.94. The van der Waals surface area contributed by atoms with Crippen LogP contribution < -0.4 is 0 Å². The van der Waals surface area contributed by atoms with Crippen LogP contribution in [0.5, 0.6) is 0 Å². The van der Waals surface area contributed by atoms with Crippen molar-refractivity contribution in [2.75, 3.05) is 32.5 Å². The van der Waals surface area contributed by atoms with Gasteiger partial charge in [-0.05, 0) is 25.2 Å². The lowest BCUT2D eigenvalue weighted by Crippen LogP contribution is -2.52. The molecule has 1 saturated heterocycles. The maximum Gasteiger partial charge on any atom is 0.187 e. The van der Waals surface area contributed by atoms with E-state index < -0.39 is 0 Å². The van der Waals surface area contributed by atoms with Crippen LogP contribution in [0.25, 0.3) is 0 Å². The number of aliphatic hydroxyl groups excluding tert-OH is 1. The molecule has 0 amide bonds. The van der Waals surface area contributed by atoms with Crippen molar-refractivity contribution in [3.63, 3.8) is 0 Å².